The third-order valence-corrected chi connectivity index (χ3v) is 3.08. The van der Waals surface area contributed by atoms with Crippen LogP contribution in [0, 0.1) is 11.8 Å². The maximum absolute atomic E-state index is 11.3. The van der Waals surface area contributed by atoms with Crippen LogP contribution >= 0.6 is 0 Å². The Morgan fingerprint density at radius 1 is 1.50 bits per heavy atom. The quantitative estimate of drug-likeness (QED) is 0.641. The van der Waals surface area contributed by atoms with E-state index in [0.29, 0.717) is 18.4 Å². The van der Waals surface area contributed by atoms with Crippen LogP contribution in [0.15, 0.2) is 0 Å². The van der Waals surface area contributed by atoms with Gasteiger partial charge in [0.25, 0.3) is 0 Å². The zero-order valence-electron chi connectivity index (χ0n) is 9.62. The minimum atomic E-state index is 0.161. The largest absolute Gasteiger partial charge is 0.376 e. The summed E-state index contributed by atoms with van der Waals surface area (Å²) in [6.45, 7) is 10.4. The summed E-state index contributed by atoms with van der Waals surface area (Å²) in [6, 6.07) is 0. The molecule has 3 heteroatoms. The molecule has 0 aromatic carbocycles. The Morgan fingerprint density at radius 3 is 2.64 bits per heavy atom. The topological polar surface area (TPSA) is 29.5 Å². The van der Waals surface area contributed by atoms with Crippen molar-refractivity contribution in [2.45, 2.75) is 33.8 Å². The van der Waals surface area contributed by atoms with E-state index in [1.54, 1.807) is 6.92 Å². The summed E-state index contributed by atoms with van der Waals surface area (Å²) in [7, 11) is 0. The van der Waals surface area contributed by atoms with E-state index in [9.17, 15) is 4.79 Å². The summed E-state index contributed by atoms with van der Waals surface area (Å²) in [5, 5.41) is 0. The number of hydrogen-bond donors (Lipinski definition) is 0. The number of carbonyl (C=O) groups excluding carboxylic acids is 1. The van der Waals surface area contributed by atoms with Gasteiger partial charge in [0, 0.05) is 25.9 Å². The van der Waals surface area contributed by atoms with Crippen LogP contribution in [-0.4, -0.2) is 36.6 Å². The highest BCUT2D eigenvalue weighted by Crippen LogP contribution is 2.21. The van der Waals surface area contributed by atoms with Crippen molar-refractivity contribution in [3.05, 3.63) is 0 Å². The molecule has 0 aromatic heterocycles. The van der Waals surface area contributed by atoms with Gasteiger partial charge in [-0.15, -0.1) is 0 Å². The van der Waals surface area contributed by atoms with Gasteiger partial charge in [0.2, 0.25) is 5.91 Å². The number of hydrogen-bond acceptors (Lipinski definition) is 2. The van der Waals surface area contributed by atoms with Crippen LogP contribution in [0.4, 0.5) is 0 Å². The Hall–Kier alpha value is -0.570. The molecular weight excluding hydrogens is 178 g/mol. The highest BCUT2D eigenvalue weighted by atomic mass is 16.5. The molecule has 14 heavy (non-hydrogen) atoms. The third kappa shape index (κ3) is 2.71. The Morgan fingerprint density at radius 2 is 2.14 bits per heavy atom. The molecule has 1 aliphatic rings. The lowest BCUT2D eigenvalue weighted by molar-refractivity contribution is -0.129. The highest BCUT2D eigenvalue weighted by Gasteiger charge is 2.27. The Balaban J connectivity index is 2.66. The lowest BCUT2D eigenvalue weighted by atomic mass is 9.90. The molecule has 1 rings (SSSR count). The molecule has 82 valence electrons. The number of ether oxygens (including phenoxy) is 1. The van der Waals surface area contributed by atoms with Crippen molar-refractivity contribution >= 4 is 5.91 Å². The van der Waals surface area contributed by atoms with Gasteiger partial charge in [-0.3, -0.25) is 4.79 Å². The zero-order chi connectivity index (χ0) is 10.7. The summed E-state index contributed by atoms with van der Waals surface area (Å²) in [4.78, 5) is 13.2. The number of amides is 1. The van der Waals surface area contributed by atoms with Crippen LogP contribution in [-0.2, 0) is 9.53 Å². The standard InChI is InChI=1S/C11H21NO2/c1-8(2)11-7-12(10(4)13)5-6-14-9(11)3/h8-9,11H,5-7H2,1-4H3. The van der Waals surface area contributed by atoms with Crippen LogP contribution in [0.1, 0.15) is 27.7 Å². The van der Waals surface area contributed by atoms with Gasteiger partial charge < -0.3 is 9.64 Å². The van der Waals surface area contributed by atoms with Crippen LogP contribution in [0.2, 0.25) is 0 Å². The first-order chi connectivity index (χ1) is 6.52. The zero-order valence-corrected chi connectivity index (χ0v) is 9.62. The van der Waals surface area contributed by atoms with Crippen LogP contribution in [0.3, 0.4) is 0 Å². The fourth-order valence-corrected chi connectivity index (χ4v) is 2.01. The lowest BCUT2D eigenvalue weighted by Crippen LogP contribution is -2.37. The summed E-state index contributed by atoms with van der Waals surface area (Å²) < 4.78 is 5.66. The first-order valence-corrected chi connectivity index (χ1v) is 5.39. The molecule has 0 saturated carbocycles. The van der Waals surface area contributed by atoms with E-state index in [2.05, 4.69) is 20.8 Å². The first kappa shape index (κ1) is 11.5. The Bertz CT molecular complexity index is 203. The first-order valence-electron chi connectivity index (χ1n) is 5.39. The predicted molar refractivity (Wildman–Crippen MR) is 56.0 cm³/mol. The molecule has 1 aliphatic heterocycles. The van der Waals surface area contributed by atoms with Gasteiger partial charge in [-0.2, -0.15) is 0 Å². The van der Waals surface area contributed by atoms with Crippen LogP contribution in [0.5, 0.6) is 0 Å². The van der Waals surface area contributed by atoms with Crippen LogP contribution in [0.25, 0.3) is 0 Å². The fraction of sp³-hybridized carbons (Fsp3) is 0.909. The molecule has 0 N–H and O–H groups in total. The van der Waals surface area contributed by atoms with Gasteiger partial charge in [-0.25, -0.2) is 0 Å². The molecule has 0 bridgehead atoms. The van der Waals surface area contributed by atoms with Gasteiger partial charge in [0.05, 0.1) is 12.7 Å². The molecule has 2 unspecified atom stereocenters. The SMILES string of the molecule is CC(=O)N1CCOC(C)C(C(C)C)C1. The van der Waals surface area contributed by atoms with E-state index in [1.807, 2.05) is 4.90 Å². The van der Waals surface area contributed by atoms with Crippen LogP contribution < -0.4 is 0 Å². The molecular formula is C11H21NO2. The van der Waals surface area contributed by atoms with Crippen molar-refractivity contribution in [3.63, 3.8) is 0 Å². The molecule has 2 atom stereocenters. The van der Waals surface area contributed by atoms with Gasteiger partial charge in [0.15, 0.2) is 0 Å². The predicted octanol–water partition coefficient (Wildman–Crippen LogP) is 1.53. The van der Waals surface area contributed by atoms with E-state index in [1.165, 1.54) is 0 Å². The molecule has 0 spiro atoms. The van der Waals surface area contributed by atoms with Crippen molar-refractivity contribution in [2.24, 2.45) is 11.8 Å². The Labute approximate surface area is 86.4 Å². The summed E-state index contributed by atoms with van der Waals surface area (Å²) in [6.07, 6.45) is 0.263. The Kier molecular flexibility index (Phi) is 3.93. The van der Waals surface area contributed by atoms with E-state index in [0.717, 1.165) is 13.1 Å². The second-order valence-electron chi connectivity index (χ2n) is 4.45. The monoisotopic (exact) mass is 199 g/mol. The average Bonchev–Trinajstić information content (AvgIpc) is 2.26. The molecule has 0 aliphatic carbocycles. The van der Waals surface area contributed by atoms with Gasteiger partial charge in [-0.1, -0.05) is 13.8 Å². The normalized spacial score (nSPS) is 29.1. The highest BCUT2D eigenvalue weighted by molar-refractivity contribution is 5.73. The smallest absolute Gasteiger partial charge is 0.219 e. The fourth-order valence-electron chi connectivity index (χ4n) is 2.01. The second kappa shape index (κ2) is 4.78. The second-order valence-corrected chi connectivity index (χ2v) is 4.45. The van der Waals surface area contributed by atoms with Crippen molar-refractivity contribution in [3.8, 4) is 0 Å². The van der Waals surface area contributed by atoms with Crippen molar-refractivity contribution in [1.29, 1.82) is 0 Å². The van der Waals surface area contributed by atoms with Crippen molar-refractivity contribution in [1.82, 2.24) is 4.90 Å². The van der Waals surface area contributed by atoms with Gasteiger partial charge >= 0.3 is 0 Å². The maximum Gasteiger partial charge on any atom is 0.219 e. The molecule has 1 saturated heterocycles. The van der Waals surface area contributed by atoms with Gasteiger partial charge in [0.1, 0.15) is 0 Å². The van der Waals surface area contributed by atoms with Crippen molar-refractivity contribution in [2.75, 3.05) is 19.7 Å². The summed E-state index contributed by atoms with van der Waals surface area (Å²) in [5.74, 6) is 1.18. The van der Waals surface area contributed by atoms with E-state index < -0.39 is 0 Å². The number of nitrogens with zero attached hydrogens (tertiary/aromatic N) is 1. The van der Waals surface area contributed by atoms with E-state index in [-0.39, 0.29) is 12.0 Å². The van der Waals surface area contributed by atoms with Crippen molar-refractivity contribution < 1.29 is 9.53 Å². The average molecular weight is 199 g/mol. The molecule has 3 nitrogen and oxygen atoms in total. The molecule has 1 fully saturated rings. The molecule has 1 heterocycles. The van der Waals surface area contributed by atoms with E-state index in [4.69, 9.17) is 4.74 Å². The molecule has 0 radical (unpaired) electrons. The minimum Gasteiger partial charge on any atom is -0.376 e. The third-order valence-electron chi connectivity index (χ3n) is 3.08. The van der Waals surface area contributed by atoms with Gasteiger partial charge in [-0.05, 0) is 12.8 Å². The molecule has 0 aromatic rings. The van der Waals surface area contributed by atoms with E-state index >= 15 is 0 Å². The minimum absolute atomic E-state index is 0.161. The molecule has 1 amide bonds. The summed E-state index contributed by atoms with van der Waals surface area (Å²) in [5.41, 5.74) is 0. The lowest BCUT2D eigenvalue weighted by Gasteiger charge is -2.28. The summed E-state index contributed by atoms with van der Waals surface area (Å²) >= 11 is 0. The maximum atomic E-state index is 11.3. The number of carbonyl (C=O) groups is 1. The number of rotatable bonds is 1.